The molecule has 1 heterocycles. The molecule has 0 bridgehead atoms. The van der Waals surface area contributed by atoms with Gasteiger partial charge in [-0.05, 0) is 19.3 Å². The molecule has 1 aliphatic heterocycles. The molecule has 1 saturated heterocycles. The Labute approximate surface area is 118 Å². The number of methoxy groups -OCH3 is 1. The number of urea groups is 1. The Bertz CT molecular complexity index is 376. The molecule has 2 rings (SSSR count). The Kier molecular flexibility index (Phi) is 4.82. The van der Waals surface area contributed by atoms with Gasteiger partial charge in [0.05, 0.1) is 25.4 Å². The molecular formula is C13H22N2O5. The van der Waals surface area contributed by atoms with Gasteiger partial charge >= 0.3 is 12.0 Å². The summed E-state index contributed by atoms with van der Waals surface area (Å²) in [6.45, 7) is 0.430. The molecule has 0 spiro atoms. The normalized spacial score (nSPS) is 33.1. The van der Waals surface area contributed by atoms with Crippen molar-refractivity contribution in [3.63, 3.8) is 0 Å². The van der Waals surface area contributed by atoms with E-state index in [1.54, 1.807) is 14.2 Å². The molecule has 1 aliphatic carbocycles. The third kappa shape index (κ3) is 3.21. The lowest BCUT2D eigenvalue weighted by atomic mass is 10.0. The van der Waals surface area contributed by atoms with Crippen molar-refractivity contribution >= 4 is 12.0 Å². The third-order valence-electron chi connectivity index (χ3n) is 4.23. The zero-order valence-corrected chi connectivity index (χ0v) is 11.9. The minimum absolute atomic E-state index is 0.0977. The molecule has 4 atom stereocenters. The Hall–Kier alpha value is -1.34. The van der Waals surface area contributed by atoms with Crippen LogP contribution >= 0.6 is 0 Å². The van der Waals surface area contributed by atoms with E-state index >= 15 is 0 Å². The second kappa shape index (κ2) is 6.41. The van der Waals surface area contributed by atoms with Gasteiger partial charge in [-0.2, -0.15) is 0 Å². The van der Waals surface area contributed by atoms with Gasteiger partial charge in [0.25, 0.3) is 0 Å². The number of aliphatic carboxylic acids is 1. The third-order valence-corrected chi connectivity index (χ3v) is 4.23. The van der Waals surface area contributed by atoms with E-state index in [2.05, 4.69) is 5.32 Å². The van der Waals surface area contributed by atoms with E-state index < -0.39 is 17.9 Å². The fraction of sp³-hybridized carbons (Fsp3) is 0.846. The molecule has 0 radical (unpaired) electrons. The summed E-state index contributed by atoms with van der Waals surface area (Å²) < 4.78 is 10.5. The summed E-state index contributed by atoms with van der Waals surface area (Å²) in [5.74, 6) is -1.58. The van der Waals surface area contributed by atoms with E-state index in [4.69, 9.17) is 14.6 Å². The number of likely N-dealkylation sites (N-methyl/N-ethyl adjacent to an activating group) is 1. The van der Waals surface area contributed by atoms with Crippen LogP contribution in [0.3, 0.4) is 0 Å². The number of amides is 2. The van der Waals surface area contributed by atoms with Gasteiger partial charge < -0.3 is 24.8 Å². The van der Waals surface area contributed by atoms with Crippen molar-refractivity contribution in [2.24, 2.45) is 5.92 Å². The van der Waals surface area contributed by atoms with Crippen LogP contribution in [-0.2, 0) is 14.3 Å². The predicted molar refractivity (Wildman–Crippen MR) is 70.5 cm³/mol. The van der Waals surface area contributed by atoms with Gasteiger partial charge in [-0.3, -0.25) is 4.79 Å². The largest absolute Gasteiger partial charge is 0.481 e. The molecule has 2 N–H and O–H groups in total. The smallest absolute Gasteiger partial charge is 0.317 e. The summed E-state index contributed by atoms with van der Waals surface area (Å²) in [7, 11) is 3.29. The maximum absolute atomic E-state index is 12.2. The van der Waals surface area contributed by atoms with Crippen LogP contribution in [-0.4, -0.2) is 67.6 Å². The van der Waals surface area contributed by atoms with Crippen molar-refractivity contribution in [3.05, 3.63) is 0 Å². The summed E-state index contributed by atoms with van der Waals surface area (Å²) >= 11 is 0. The highest BCUT2D eigenvalue weighted by molar-refractivity contribution is 5.77. The molecule has 2 fully saturated rings. The van der Waals surface area contributed by atoms with Crippen LogP contribution in [0.2, 0.25) is 0 Å². The number of rotatable bonds is 4. The molecule has 7 nitrogen and oxygen atoms in total. The maximum Gasteiger partial charge on any atom is 0.317 e. The summed E-state index contributed by atoms with van der Waals surface area (Å²) in [6, 6.07) is -0.555. The van der Waals surface area contributed by atoms with E-state index in [0.29, 0.717) is 0 Å². The van der Waals surface area contributed by atoms with Crippen LogP contribution in [0.5, 0.6) is 0 Å². The van der Waals surface area contributed by atoms with Crippen molar-refractivity contribution < 1.29 is 24.2 Å². The number of nitrogens with zero attached hydrogens (tertiary/aromatic N) is 1. The lowest BCUT2D eigenvalue weighted by molar-refractivity contribution is -0.142. The van der Waals surface area contributed by atoms with Gasteiger partial charge in [-0.1, -0.05) is 0 Å². The van der Waals surface area contributed by atoms with Crippen LogP contribution < -0.4 is 5.32 Å². The molecule has 0 aromatic rings. The Morgan fingerprint density at radius 3 is 2.70 bits per heavy atom. The van der Waals surface area contributed by atoms with E-state index in [0.717, 1.165) is 19.3 Å². The van der Waals surface area contributed by atoms with Crippen molar-refractivity contribution in [1.29, 1.82) is 0 Å². The van der Waals surface area contributed by atoms with Crippen LogP contribution in [0, 0.1) is 5.92 Å². The van der Waals surface area contributed by atoms with Crippen LogP contribution in [0.15, 0.2) is 0 Å². The highest BCUT2D eigenvalue weighted by atomic mass is 16.5. The van der Waals surface area contributed by atoms with Gasteiger partial charge in [0.2, 0.25) is 0 Å². The van der Waals surface area contributed by atoms with Gasteiger partial charge in [0, 0.05) is 20.2 Å². The molecule has 1 saturated carbocycles. The minimum Gasteiger partial charge on any atom is -0.481 e. The number of ether oxygens (including phenoxy) is 2. The standard InChI is InChI=1S/C13H22N2O5/c1-15(11-7-20-6-10(11)12(16)17)13(18)14-8-3-4-9(5-8)19-2/h8-11H,3-7H2,1-2H3,(H,14,18)(H,16,17). The van der Waals surface area contributed by atoms with Gasteiger partial charge in [0.1, 0.15) is 5.92 Å². The second-order valence-electron chi connectivity index (χ2n) is 5.48. The fourth-order valence-corrected chi connectivity index (χ4v) is 2.87. The highest BCUT2D eigenvalue weighted by Crippen LogP contribution is 2.23. The average molecular weight is 286 g/mol. The number of carboxylic acids is 1. The summed E-state index contributed by atoms with van der Waals surface area (Å²) in [6.07, 6.45) is 2.84. The average Bonchev–Trinajstić information content (AvgIpc) is 3.06. The van der Waals surface area contributed by atoms with Crippen molar-refractivity contribution in [2.45, 2.75) is 37.5 Å². The first-order valence-corrected chi connectivity index (χ1v) is 6.89. The van der Waals surface area contributed by atoms with Gasteiger partial charge in [-0.15, -0.1) is 0 Å². The van der Waals surface area contributed by atoms with E-state index in [1.165, 1.54) is 4.90 Å². The topological polar surface area (TPSA) is 88.1 Å². The molecule has 4 unspecified atom stereocenters. The van der Waals surface area contributed by atoms with Crippen molar-refractivity contribution in [3.8, 4) is 0 Å². The number of carboxylic acid groups (broad SMARTS) is 1. The molecule has 0 aromatic heterocycles. The first-order chi connectivity index (χ1) is 9.52. The first-order valence-electron chi connectivity index (χ1n) is 6.89. The quantitative estimate of drug-likeness (QED) is 0.776. The van der Waals surface area contributed by atoms with E-state index in [-0.39, 0.29) is 31.4 Å². The summed E-state index contributed by atoms with van der Waals surface area (Å²) in [5, 5.41) is 12.0. The number of carbonyl (C=O) groups excluding carboxylic acids is 1. The fourth-order valence-electron chi connectivity index (χ4n) is 2.87. The monoisotopic (exact) mass is 286 g/mol. The molecule has 7 heteroatoms. The van der Waals surface area contributed by atoms with Crippen molar-refractivity contribution in [2.75, 3.05) is 27.4 Å². The number of hydrogen-bond donors (Lipinski definition) is 2. The summed E-state index contributed by atoms with van der Waals surface area (Å²) in [5.41, 5.74) is 0. The molecule has 2 aliphatic rings. The predicted octanol–water partition coefficient (Wildman–Crippen LogP) is 0.295. The lowest BCUT2D eigenvalue weighted by Crippen LogP contribution is -2.50. The zero-order chi connectivity index (χ0) is 14.7. The SMILES string of the molecule is COC1CCC(NC(=O)N(C)C2COCC2C(=O)O)C1. The van der Waals surface area contributed by atoms with Gasteiger partial charge in [-0.25, -0.2) is 4.79 Å². The molecule has 2 amide bonds. The van der Waals surface area contributed by atoms with E-state index in [9.17, 15) is 9.59 Å². The maximum atomic E-state index is 12.2. The number of hydrogen-bond acceptors (Lipinski definition) is 4. The zero-order valence-electron chi connectivity index (χ0n) is 11.9. The lowest BCUT2D eigenvalue weighted by Gasteiger charge is -2.28. The number of carbonyl (C=O) groups is 2. The van der Waals surface area contributed by atoms with Crippen LogP contribution in [0.4, 0.5) is 4.79 Å². The van der Waals surface area contributed by atoms with Crippen LogP contribution in [0.25, 0.3) is 0 Å². The molecule has 114 valence electrons. The van der Waals surface area contributed by atoms with Crippen LogP contribution in [0.1, 0.15) is 19.3 Å². The minimum atomic E-state index is -0.924. The second-order valence-corrected chi connectivity index (χ2v) is 5.48. The highest BCUT2D eigenvalue weighted by Gasteiger charge is 2.39. The Morgan fingerprint density at radius 2 is 2.10 bits per heavy atom. The molecule has 20 heavy (non-hydrogen) atoms. The van der Waals surface area contributed by atoms with Gasteiger partial charge in [0.15, 0.2) is 0 Å². The summed E-state index contributed by atoms with van der Waals surface area (Å²) in [4.78, 5) is 24.7. The van der Waals surface area contributed by atoms with E-state index in [1.807, 2.05) is 0 Å². The molecule has 0 aromatic carbocycles. The molecular weight excluding hydrogens is 264 g/mol. The first kappa shape index (κ1) is 15.1. The number of nitrogens with one attached hydrogen (secondary N) is 1. The Balaban J connectivity index is 1.87. The Morgan fingerprint density at radius 1 is 1.35 bits per heavy atom. The van der Waals surface area contributed by atoms with Crippen molar-refractivity contribution in [1.82, 2.24) is 10.2 Å².